The Labute approximate surface area is 99.6 Å². The van der Waals surface area contributed by atoms with E-state index in [0.29, 0.717) is 16.5 Å². The second-order valence-corrected chi connectivity index (χ2v) is 4.35. The number of nitrogens with one attached hydrogen (secondary N) is 1. The van der Waals surface area contributed by atoms with Gasteiger partial charge < -0.3 is 5.32 Å². The van der Waals surface area contributed by atoms with Crippen LogP contribution < -0.4 is 5.32 Å². The topological polar surface area (TPSA) is 29.1 Å². The molecule has 1 amide bonds. The number of rotatable bonds is 3. The normalized spacial score (nSPS) is 12.3. The van der Waals surface area contributed by atoms with E-state index in [9.17, 15) is 4.79 Å². The molecule has 0 saturated heterocycles. The number of hydrogen-bond donors (Lipinski definition) is 1. The monoisotopic (exact) mass is 245 g/mol. The van der Waals surface area contributed by atoms with Crippen molar-refractivity contribution in [2.24, 2.45) is 0 Å². The van der Waals surface area contributed by atoms with Gasteiger partial charge in [-0.25, -0.2) is 0 Å². The Kier molecular flexibility index (Phi) is 4.43. The molecular formula is C11H13Cl2NO. The zero-order valence-electron chi connectivity index (χ0n) is 8.68. The van der Waals surface area contributed by atoms with Crippen LogP contribution in [0.3, 0.4) is 0 Å². The van der Waals surface area contributed by atoms with Gasteiger partial charge in [-0.2, -0.15) is 0 Å². The minimum atomic E-state index is 0.0126. The maximum absolute atomic E-state index is 11.2. The van der Waals surface area contributed by atoms with Crippen molar-refractivity contribution in [3.8, 4) is 0 Å². The predicted octanol–water partition coefficient (Wildman–Crippen LogP) is 3.23. The molecule has 15 heavy (non-hydrogen) atoms. The lowest BCUT2D eigenvalue weighted by Crippen LogP contribution is -2.19. The molecule has 1 N–H and O–H groups in total. The summed E-state index contributed by atoms with van der Waals surface area (Å²) >= 11 is 11.8. The van der Waals surface area contributed by atoms with E-state index in [0.717, 1.165) is 5.56 Å². The van der Waals surface area contributed by atoms with Crippen LogP contribution in [0.4, 0.5) is 0 Å². The summed E-state index contributed by atoms with van der Waals surface area (Å²) in [5, 5.41) is 3.79. The second kappa shape index (κ2) is 5.38. The van der Waals surface area contributed by atoms with Crippen LogP contribution in [0, 0.1) is 0 Å². The summed E-state index contributed by atoms with van der Waals surface area (Å²) in [5.41, 5.74) is 0.983. The van der Waals surface area contributed by atoms with Gasteiger partial charge in [0, 0.05) is 23.5 Å². The molecule has 0 saturated carbocycles. The maximum atomic E-state index is 11.2. The Bertz CT molecular complexity index is 345. The van der Waals surface area contributed by atoms with E-state index in [-0.39, 0.29) is 11.8 Å². The Morgan fingerprint density at radius 2 is 1.87 bits per heavy atom. The first-order valence-electron chi connectivity index (χ1n) is 4.69. The first-order chi connectivity index (χ1) is 7.02. The van der Waals surface area contributed by atoms with Crippen LogP contribution in [0.15, 0.2) is 18.2 Å². The zero-order chi connectivity index (χ0) is 11.4. The van der Waals surface area contributed by atoms with Crippen LogP contribution >= 0.6 is 23.2 Å². The van der Waals surface area contributed by atoms with Crippen LogP contribution in [-0.4, -0.2) is 13.0 Å². The molecule has 1 atom stereocenters. The highest BCUT2D eigenvalue weighted by Gasteiger charge is 2.11. The van der Waals surface area contributed by atoms with Gasteiger partial charge in [-0.1, -0.05) is 30.1 Å². The van der Waals surface area contributed by atoms with Crippen molar-refractivity contribution in [3.63, 3.8) is 0 Å². The molecule has 0 aromatic heterocycles. The summed E-state index contributed by atoms with van der Waals surface area (Å²) in [4.78, 5) is 11.2. The first-order valence-corrected chi connectivity index (χ1v) is 5.45. The van der Waals surface area contributed by atoms with Gasteiger partial charge in [-0.15, -0.1) is 0 Å². The Morgan fingerprint density at radius 3 is 2.33 bits per heavy atom. The van der Waals surface area contributed by atoms with Gasteiger partial charge in [0.25, 0.3) is 0 Å². The van der Waals surface area contributed by atoms with Gasteiger partial charge in [0.1, 0.15) is 0 Å². The fraction of sp³-hybridized carbons (Fsp3) is 0.364. The fourth-order valence-electron chi connectivity index (χ4n) is 1.36. The molecule has 1 unspecified atom stereocenters. The van der Waals surface area contributed by atoms with Crippen molar-refractivity contribution in [2.75, 3.05) is 7.05 Å². The summed E-state index contributed by atoms with van der Waals surface area (Å²) in [6.07, 6.45) is 0.438. The molecule has 0 heterocycles. The molecule has 0 fully saturated rings. The highest BCUT2D eigenvalue weighted by Crippen LogP contribution is 2.26. The zero-order valence-corrected chi connectivity index (χ0v) is 10.2. The van der Waals surface area contributed by atoms with Crippen LogP contribution in [0.25, 0.3) is 0 Å². The summed E-state index contributed by atoms with van der Waals surface area (Å²) in [6, 6.07) is 5.35. The molecule has 0 aliphatic rings. The Balaban J connectivity index is 2.81. The minimum Gasteiger partial charge on any atom is -0.359 e. The lowest BCUT2D eigenvalue weighted by Gasteiger charge is -2.11. The van der Waals surface area contributed by atoms with E-state index in [1.54, 1.807) is 13.1 Å². The molecular weight excluding hydrogens is 233 g/mol. The minimum absolute atomic E-state index is 0.0126. The van der Waals surface area contributed by atoms with Crippen LogP contribution in [-0.2, 0) is 4.79 Å². The Morgan fingerprint density at radius 1 is 1.33 bits per heavy atom. The number of carbonyl (C=O) groups is 1. The molecule has 0 aliphatic heterocycles. The van der Waals surface area contributed by atoms with E-state index < -0.39 is 0 Å². The molecule has 0 aliphatic carbocycles. The van der Waals surface area contributed by atoms with Crippen molar-refractivity contribution < 1.29 is 4.79 Å². The van der Waals surface area contributed by atoms with Crippen molar-refractivity contribution in [1.29, 1.82) is 0 Å². The molecule has 2 nitrogen and oxygen atoms in total. The third kappa shape index (κ3) is 3.73. The summed E-state index contributed by atoms with van der Waals surface area (Å²) in [7, 11) is 1.63. The maximum Gasteiger partial charge on any atom is 0.220 e. The summed E-state index contributed by atoms with van der Waals surface area (Å²) < 4.78 is 0. The molecule has 4 heteroatoms. The lowest BCUT2D eigenvalue weighted by molar-refractivity contribution is -0.120. The van der Waals surface area contributed by atoms with Crippen LogP contribution in [0.2, 0.25) is 10.0 Å². The Hall–Kier alpha value is -0.730. The van der Waals surface area contributed by atoms with Gasteiger partial charge in [-0.05, 0) is 29.7 Å². The smallest absolute Gasteiger partial charge is 0.220 e. The molecule has 0 spiro atoms. The van der Waals surface area contributed by atoms with E-state index >= 15 is 0 Å². The van der Waals surface area contributed by atoms with Crippen molar-refractivity contribution >= 4 is 29.1 Å². The van der Waals surface area contributed by atoms with Crippen molar-refractivity contribution in [2.45, 2.75) is 19.3 Å². The number of halogens is 2. The van der Waals surface area contributed by atoms with Gasteiger partial charge in [-0.3, -0.25) is 4.79 Å². The third-order valence-corrected chi connectivity index (χ3v) is 2.66. The van der Waals surface area contributed by atoms with Gasteiger partial charge in [0.05, 0.1) is 0 Å². The van der Waals surface area contributed by atoms with E-state index in [1.807, 2.05) is 19.1 Å². The summed E-state index contributed by atoms with van der Waals surface area (Å²) in [6.45, 7) is 1.97. The van der Waals surface area contributed by atoms with Gasteiger partial charge in [0.15, 0.2) is 0 Å². The average molecular weight is 246 g/mol. The predicted molar refractivity (Wildman–Crippen MR) is 63.6 cm³/mol. The van der Waals surface area contributed by atoms with Gasteiger partial charge in [0.2, 0.25) is 5.91 Å². The quantitative estimate of drug-likeness (QED) is 0.871. The largest absolute Gasteiger partial charge is 0.359 e. The van der Waals surface area contributed by atoms with Crippen molar-refractivity contribution in [3.05, 3.63) is 33.8 Å². The standard InChI is InChI=1S/C11H13Cl2NO/c1-7(3-11(15)14-2)8-4-9(12)6-10(13)5-8/h4-7H,3H2,1-2H3,(H,14,15). The highest BCUT2D eigenvalue weighted by atomic mass is 35.5. The molecule has 0 radical (unpaired) electrons. The van der Waals surface area contributed by atoms with Gasteiger partial charge >= 0.3 is 0 Å². The van der Waals surface area contributed by atoms with Crippen LogP contribution in [0.5, 0.6) is 0 Å². The van der Waals surface area contributed by atoms with Crippen molar-refractivity contribution in [1.82, 2.24) is 5.32 Å². The fourth-order valence-corrected chi connectivity index (χ4v) is 1.90. The number of hydrogen-bond acceptors (Lipinski definition) is 1. The highest BCUT2D eigenvalue weighted by molar-refractivity contribution is 6.34. The molecule has 1 aromatic carbocycles. The third-order valence-electron chi connectivity index (χ3n) is 2.22. The molecule has 1 aromatic rings. The van der Waals surface area contributed by atoms with E-state index in [4.69, 9.17) is 23.2 Å². The number of benzene rings is 1. The first kappa shape index (κ1) is 12.3. The number of amides is 1. The van der Waals surface area contributed by atoms with Crippen LogP contribution in [0.1, 0.15) is 24.8 Å². The van der Waals surface area contributed by atoms with E-state index in [1.165, 1.54) is 0 Å². The average Bonchev–Trinajstić information content (AvgIpc) is 2.16. The lowest BCUT2D eigenvalue weighted by atomic mass is 9.97. The SMILES string of the molecule is CNC(=O)CC(C)c1cc(Cl)cc(Cl)c1. The summed E-state index contributed by atoms with van der Waals surface area (Å²) in [5.74, 6) is 0.125. The second-order valence-electron chi connectivity index (χ2n) is 3.48. The molecule has 1 rings (SSSR count). The molecule has 0 bridgehead atoms. The van der Waals surface area contributed by atoms with E-state index in [2.05, 4.69) is 5.32 Å². The number of carbonyl (C=O) groups excluding carboxylic acids is 1. The molecule has 82 valence electrons.